The summed E-state index contributed by atoms with van der Waals surface area (Å²) in [5.41, 5.74) is 26.1. The molecular weight excluding hydrogens is 1830 g/mol. The zero-order valence-electron chi connectivity index (χ0n) is 68.6. The molecule has 0 radical (unpaired) electrons. The minimum atomic E-state index is -1.62. The van der Waals surface area contributed by atoms with E-state index in [2.05, 4.69) is 144 Å². The van der Waals surface area contributed by atoms with Crippen LogP contribution in [0.2, 0.25) is 10.0 Å². The third kappa shape index (κ3) is 44.9. The van der Waals surface area contributed by atoms with Gasteiger partial charge in [-0.1, -0.05) is 155 Å². The van der Waals surface area contributed by atoms with Crippen LogP contribution in [-0.4, -0.2) is 137 Å². The number of benzene rings is 3. The molecule has 0 atom stereocenters. The maximum Gasteiger partial charge on any atom is 0.413 e. The molecule has 7 aromatic heterocycles. The number of phenols is 1. The number of aromatic hydroxyl groups is 1. The Bertz CT molecular complexity index is 4830. The first kappa shape index (κ1) is 110. The van der Waals surface area contributed by atoms with Gasteiger partial charge in [0.25, 0.3) is 17.7 Å². The Morgan fingerprint density at radius 3 is 1.13 bits per heavy atom. The van der Waals surface area contributed by atoms with Crippen LogP contribution < -0.4 is 64.3 Å². The highest BCUT2D eigenvalue weighted by molar-refractivity contribution is 7.16. The molecule has 0 aliphatic heterocycles. The number of thiazole rings is 3. The predicted molar refractivity (Wildman–Crippen MR) is 492 cm³/mol. The van der Waals surface area contributed by atoms with Gasteiger partial charge in [0.2, 0.25) is 7.59 Å². The molecule has 0 unspecified atom stereocenters. The van der Waals surface area contributed by atoms with Gasteiger partial charge in [0.1, 0.15) is 64.7 Å². The van der Waals surface area contributed by atoms with E-state index in [0.717, 1.165) is 26.8 Å². The maximum atomic E-state index is 12.3. The number of rotatable bonds is 13. The number of amides is 6. The number of aromatic nitrogens is 7. The van der Waals surface area contributed by atoms with Gasteiger partial charge in [0.05, 0.1) is 24.2 Å². The summed E-state index contributed by atoms with van der Waals surface area (Å²) in [6.07, 6.45) is 5.28. The first-order chi connectivity index (χ1) is 55.9. The highest BCUT2D eigenvalue weighted by atomic mass is 35.6. The Balaban J connectivity index is 0.000000719. The first-order valence-electron chi connectivity index (χ1n) is 34.9. The highest BCUT2D eigenvalue weighted by Crippen LogP contribution is 2.37. The second-order valence-electron chi connectivity index (χ2n) is 26.7. The number of aryl methyl sites for hydroxylation is 3. The van der Waals surface area contributed by atoms with Crippen molar-refractivity contribution in [2.75, 3.05) is 81.7 Å². The van der Waals surface area contributed by atoms with E-state index in [1.54, 1.807) is 142 Å². The van der Waals surface area contributed by atoms with E-state index in [4.69, 9.17) is 141 Å². The Hall–Kier alpha value is -9.30. The number of hydrogen-bond donors (Lipinski definition) is 11. The lowest BCUT2D eigenvalue weighted by molar-refractivity contribution is 0.0593. The molecule has 0 aliphatic rings. The number of ether oxygens (including phenoxy) is 5. The molecule has 0 spiro atoms. The highest BCUT2D eigenvalue weighted by Gasteiger charge is 2.27. The lowest BCUT2D eigenvalue weighted by Gasteiger charge is -2.16. The monoisotopic (exact) mass is 1920 g/mol. The number of phenolic OH excluding ortho intramolecular Hbond substituents is 1. The smallest absolute Gasteiger partial charge is 0.413 e. The van der Waals surface area contributed by atoms with E-state index >= 15 is 0 Å². The number of carbonyl (C=O) groups is 7. The van der Waals surface area contributed by atoms with Crippen LogP contribution in [0.5, 0.6) is 28.7 Å². The van der Waals surface area contributed by atoms with Gasteiger partial charge < -0.3 is 73.0 Å². The molecule has 658 valence electrons. The van der Waals surface area contributed by atoms with Crippen LogP contribution in [0.1, 0.15) is 136 Å². The minimum absolute atomic E-state index is 0. The topological polar surface area (TPSA) is 452 Å². The number of anilines is 6. The zero-order valence-corrected chi connectivity index (χ0v) is 78.7. The normalized spacial score (nSPS) is 10.5. The van der Waals surface area contributed by atoms with Crippen molar-refractivity contribution in [2.24, 2.45) is 5.73 Å². The fraction of sp³-hybridized carbons (Fsp3) is 0.308. The summed E-state index contributed by atoms with van der Waals surface area (Å²) in [5.74, 6) is 1.25. The molecular formula is C78H95Cl10N17O13S3. The van der Waals surface area contributed by atoms with Gasteiger partial charge in [-0.05, 0) is 153 Å². The van der Waals surface area contributed by atoms with Gasteiger partial charge in [0.15, 0.2) is 15.4 Å². The van der Waals surface area contributed by atoms with Crippen molar-refractivity contribution in [1.82, 2.24) is 50.8 Å². The average molecular weight is 1930 g/mol. The second kappa shape index (κ2) is 53.6. The van der Waals surface area contributed by atoms with Crippen LogP contribution in [0, 0.1) is 20.8 Å². The van der Waals surface area contributed by atoms with Crippen LogP contribution >= 0.6 is 151 Å². The van der Waals surface area contributed by atoms with Crippen LogP contribution in [0.25, 0.3) is 0 Å². The predicted octanol–water partition coefficient (Wildman–Crippen LogP) is 20.1. The fourth-order valence-electron chi connectivity index (χ4n) is 8.69. The number of carbonyl (C=O) groups excluding carboxylic acids is 7. The molecule has 0 fully saturated rings. The Morgan fingerprint density at radius 1 is 0.455 bits per heavy atom. The Morgan fingerprint density at radius 2 is 0.802 bits per heavy atom. The zero-order chi connectivity index (χ0) is 91.1. The maximum absolute atomic E-state index is 12.3. The lowest BCUT2D eigenvalue weighted by Crippen LogP contribution is -2.21. The third-order valence-electron chi connectivity index (χ3n) is 13.6. The first-order valence-corrected chi connectivity index (χ1v) is 40.8. The number of hydrogen-bond acceptors (Lipinski definition) is 27. The van der Waals surface area contributed by atoms with Gasteiger partial charge in [-0.15, -0.1) is 46.4 Å². The number of nitrogens with two attached hydrogens (primary N) is 4. The molecule has 7 heterocycles. The number of methoxy groups -OCH3 is 1. The third-order valence-corrected chi connectivity index (χ3v) is 19.3. The van der Waals surface area contributed by atoms with Crippen LogP contribution in [0.4, 0.5) is 46.8 Å². The van der Waals surface area contributed by atoms with Gasteiger partial charge in [-0.3, -0.25) is 40.0 Å². The summed E-state index contributed by atoms with van der Waals surface area (Å²) in [6, 6.07) is 32.6. The molecule has 10 rings (SSSR count). The number of nitrogens with zero attached hydrogens (tertiary/aromatic N) is 7. The van der Waals surface area contributed by atoms with Gasteiger partial charge in [-0.25, -0.2) is 39.1 Å². The van der Waals surface area contributed by atoms with Crippen molar-refractivity contribution in [3.8, 4) is 28.7 Å². The lowest BCUT2D eigenvalue weighted by atomic mass is 9.93. The number of esters is 1. The van der Waals surface area contributed by atoms with E-state index < -0.39 is 25.1 Å². The number of nitrogen functional groups attached to an aromatic ring is 3. The van der Waals surface area contributed by atoms with E-state index in [9.17, 15) is 33.6 Å². The number of nitrogens with one attached hydrogen (secondary N) is 6. The summed E-state index contributed by atoms with van der Waals surface area (Å²) in [6.45, 7) is 24.3. The van der Waals surface area contributed by atoms with Crippen molar-refractivity contribution >= 4 is 225 Å². The van der Waals surface area contributed by atoms with Crippen LogP contribution in [0.3, 0.4) is 0 Å². The Labute approximate surface area is 765 Å². The standard InChI is InChI=1S/C22H25N5O3S.C13H13N3O2.C11H15Cl3N2O2S.C8H14N2S.C7H7ClN2O.C7H6ClNO2.C6H7NO.C3H2Cl4O2.CH5N.ClH/c1-13-18(22(2,3)4)31-21(25-13)27-20(29)26-14-6-8-15(9-7-14)30-16-10-11-24-17(12-16)19(28)23-5;1-15-13(17)12-8-11(6-7-16-12)18-10-4-2-9(14)3-5-10;1-6-7(10(2,3)4)19-8(15-6)16-9(17)18-5-11(12,13)14;1-5-6(8(2,3)4)11-7(9)10-5;1-9-7(11)6-4-5(8)2-3-10-6;1-11-7(10)6-4-5(8)2-3-9-6;7-5-1-3-6(8)4-2-5;4-2(8)9-1-3(5,6)7;1-2;/h6-12H,1-5H3,(H,23,28)(H2,25,26,27,29);2-8H,14H2,1H3,(H,15,17);5H2,1-4H3,(H,15,16,17);1-4H3,(H2,9,10);2-4H,1H3,(H,9,11);2-4H,1H3;1-4,8H,7H2;1H2;2H2,1H3;1H. The van der Waals surface area contributed by atoms with E-state index in [1.807, 2.05) is 20.8 Å². The summed E-state index contributed by atoms with van der Waals surface area (Å²) in [5, 5.41) is 26.9. The van der Waals surface area contributed by atoms with Crippen molar-refractivity contribution in [3.05, 3.63) is 211 Å². The van der Waals surface area contributed by atoms with Gasteiger partial charge >= 0.3 is 23.5 Å². The molecule has 10 aromatic rings. The molecule has 0 bridgehead atoms. The molecule has 0 aliphatic carbocycles. The molecule has 30 nitrogen and oxygen atoms in total. The largest absolute Gasteiger partial charge is 0.508 e. The van der Waals surface area contributed by atoms with Gasteiger partial charge in [-0.2, -0.15) is 0 Å². The molecule has 121 heavy (non-hydrogen) atoms. The van der Waals surface area contributed by atoms with Crippen LogP contribution in [0.15, 0.2) is 146 Å². The van der Waals surface area contributed by atoms with E-state index in [-0.39, 0.29) is 82.8 Å². The summed E-state index contributed by atoms with van der Waals surface area (Å²) < 4.78 is 21.5. The molecule has 3 aromatic carbocycles. The number of halogens is 10. The van der Waals surface area contributed by atoms with E-state index in [0.29, 0.717) is 76.9 Å². The summed E-state index contributed by atoms with van der Waals surface area (Å²) in [4.78, 5) is 110. The van der Waals surface area contributed by atoms with E-state index in [1.165, 1.54) is 78.6 Å². The molecule has 0 saturated heterocycles. The summed E-state index contributed by atoms with van der Waals surface area (Å²) >= 11 is 52.4. The molecule has 15 N–H and O–H groups in total. The van der Waals surface area contributed by atoms with Gasteiger partial charge in [0, 0.05) is 111 Å². The quantitative estimate of drug-likeness (QED) is 0.0127. The number of alkyl halides is 6. The average Bonchev–Trinajstić information content (AvgIpc) is 1.68. The Kier molecular flexibility index (Phi) is 48.6. The SMILES string of the molecule is CN.CNC(=O)c1cc(Cl)ccn1.CNC(=O)c1cc(Oc2ccc(N)cc2)ccn1.CNC(=O)c1cc(Oc2ccc(NC(=O)Nc3nc(C)c(C(C)(C)C)s3)cc2)ccn1.COC(=O)c1cc(Cl)ccn1.Cc1nc(N)sc1C(C)(C)C.Cc1nc(NC(=O)OCC(Cl)(Cl)Cl)sc1C(C)(C)C.Cl.Nc1ccc(O)cc1.O=C(Cl)OCC(Cl)(Cl)Cl. The molecule has 0 saturated carbocycles. The second-order valence-corrected chi connectivity index (χ2v) is 36.0. The summed E-state index contributed by atoms with van der Waals surface area (Å²) in [7, 11) is 7.44. The van der Waals surface area contributed by atoms with Crippen molar-refractivity contribution in [1.29, 1.82) is 0 Å². The molecule has 6 amide bonds. The minimum Gasteiger partial charge on any atom is -0.508 e. The van der Waals surface area contributed by atoms with Crippen molar-refractivity contribution in [2.45, 2.75) is 107 Å². The van der Waals surface area contributed by atoms with Crippen molar-refractivity contribution in [3.63, 3.8) is 0 Å². The fourth-order valence-corrected chi connectivity index (χ4v) is 12.3. The van der Waals surface area contributed by atoms with Crippen molar-refractivity contribution < 1.29 is 62.4 Å². The van der Waals surface area contributed by atoms with Crippen LogP contribution in [-0.2, 0) is 30.5 Å². The number of urea groups is 1. The number of pyridine rings is 4. The molecule has 43 heteroatoms.